The first-order valence-electron chi connectivity index (χ1n) is 28.4. The number of rotatable bonds is 11. The Labute approximate surface area is 476 Å². The molecule has 0 spiro atoms. The zero-order valence-electron chi connectivity index (χ0n) is 47.6. The second kappa shape index (κ2) is 35.9. The normalized spacial score (nSPS) is 40.2. The monoisotopic (exact) mass is 1150 g/mol. The molecule has 3 fully saturated rings. The van der Waals surface area contributed by atoms with Gasteiger partial charge < -0.3 is 95.4 Å². The minimum Gasteiger partial charge on any atom is -0.462 e. The van der Waals surface area contributed by atoms with Gasteiger partial charge in [0.05, 0.1) is 92.6 Å². The molecule has 2 bridgehead atoms. The number of nitrogens with zero attached hydrogens (tertiary/aromatic N) is 2. The fourth-order valence-electron chi connectivity index (χ4n) is 10.2. The summed E-state index contributed by atoms with van der Waals surface area (Å²) < 4.78 is 29.7. The predicted molar refractivity (Wildman–Crippen MR) is 298 cm³/mol. The zero-order valence-corrected chi connectivity index (χ0v) is 47.6. The van der Waals surface area contributed by atoms with Gasteiger partial charge in [-0.1, -0.05) is 98.9 Å². The van der Waals surface area contributed by atoms with Gasteiger partial charge in [-0.3, -0.25) is 19.3 Å². The number of hydrogen-bond acceptors (Lipinski definition) is 21. The number of fused-ring (bicyclic) bond motifs is 2. The number of likely N-dealkylation sites (N-methyl/N-ethyl adjacent to an activating group) is 1. The van der Waals surface area contributed by atoms with E-state index in [1.54, 1.807) is 80.5 Å². The highest BCUT2D eigenvalue weighted by Crippen LogP contribution is 2.39. The van der Waals surface area contributed by atoms with Crippen LogP contribution >= 0.6 is 0 Å². The third kappa shape index (κ3) is 23.8. The maximum atomic E-state index is 14.6. The van der Waals surface area contributed by atoms with E-state index in [1.165, 1.54) is 6.92 Å². The number of carbonyl (C=O) groups is 3. The number of β-amino-alcohol motifs (C(OH)–C–C–N with tert-alkyl or cyclic N) is 1. The minimum atomic E-state index is -2.33. The molecule has 0 saturated carbocycles. The van der Waals surface area contributed by atoms with Crippen LogP contribution in [0.25, 0.3) is 0 Å². The number of carbonyl (C=O) groups excluding carboxylic acids is 3. The van der Waals surface area contributed by atoms with Crippen molar-refractivity contribution in [3.63, 3.8) is 0 Å². The highest BCUT2D eigenvalue weighted by molar-refractivity contribution is 5.80. The van der Waals surface area contributed by atoms with Crippen LogP contribution in [-0.4, -0.2) is 247 Å². The minimum absolute atomic E-state index is 0.0750. The fourth-order valence-corrected chi connectivity index (χ4v) is 10.2. The molecule has 0 aromatic carbocycles. The number of allylic oxidation sites excluding steroid dienone is 12. The highest BCUT2D eigenvalue weighted by Gasteiger charge is 2.52. The maximum absolute atomic E-state index is 14.6. The van der Waals surface area contributed by atoms with Gasteiger partial charge in [-0.15, -0.1) is 0 Å². The van der Waals surface area contributed by atoms with Crippen LogP contribution in [0.3, 0.4) is 0 Å². The number of cyclic esters (lactones) is 1. The van der Waals surface area contributed by atoms with Gasteiger partial charge in [0.2, 0.25) is 11.8 Å². The van der Waals surface area contributed by atoms with E-state index in [0.717, 1.165) is 0 Å². The highest BCUT2D eigenvalue weighted by atomic mass is 16.7. The number of hydrogen-bond donors (Lipinski definition) is 13. The predicted octanol–water partition coefficient (Wildman–Crippen LogP) is -0.843. The molecule has 0 aliphatic carbocycles. The molecule has 2 amide bonds. The molecule has 460 valence electrons. The number of nitrogens with one attached hydrogen (secondary N) is 2. The molecule has 3 saturated heterocycles. The Morgan fingerprint density at radius 1 is 0.704 bits per heavy atom. The largest absolute Gasteiger partial charge is 0.462 e. The first-order chi connectivity index (χ1) is 38.6. The van der Waals surface area contributed by atoms with E-state index in [0.29, 0.717) is 26.2 Å². The lowest BCUT2D eigenvalue weighted by Gasteiger charge is -2.47. The molecule has 23 heteroatoms. The van der Waals surface area contributed by atoms with Crippen LogP contribution in [0.4, 0.5) is 0 Å². The number of piperazine rings is 1. The summed E-state index contributed by atoms with van der Waals surface area (Å²) in [4.78, 5) is 43.8. The van der Waals surface area contributed by atoms with Crippen LogP contribution < -0.4 is 10.6 Å². The summed E-state index contributed by atoms with van der Waals surface area (Å²) in [6.07, 6.45) is 3.28. The van der Waals surface area contributed by atoms with E-state index in [-0.39, 0.29) is 64.5 Å². The number of amides is 2. The third-order valence-electron chi connectivity index (χ3n) is 15.1. The van der Waals surface area contributed by atoms with Crippen LogP contribution in [0.15, 0.2) is 85.1 Å². The van der Waals surface area contributed by atoms with Crippen molar-refractivity contribution in [3.05, 3.63) is 85.1 Å². The lowest BCUT2D eigenvalue weighted by atomic mass is 9.81. The molecule has 0 aromatic heterocycles. The van der Waals surface area contributed by atoms with Crippen molar-refractivity contribution in [1.82, 2.24) is 20.4 Å². The summed E-state index contributed by atoms with van der Waals surface area (Å²) in [6.45, 7) is 8.80. The topological polar surface area (TPSA) is 350 Å². The van der Waals surface area contributed by atoms with E-state index in [1.807, 2.05) is 42.2 Å². The van der Waals surface area contributed by atoms with E-state index in [2.05, 4.69) is 10.6 Å². The summed E-state index contributed by atoms with van der Waals surface area (Å²) in [5.41, 5.74) is 0. The van der Waals surface area contributed by atoms with Gasteiger partial charge in [-0.05, 0) is 40.2 Å². The summed E-state index contributed by atoms with van der Waals surface area (Å²) in [7, 11) is 1.72. The van der Waals surface area contributed by atoms with Gasteiger partial charge in [-0.25, -0.2) is 0 Å². The molecule has 81 heavy (non-hydrogen) atoms. The molecular formula is C58H94N4O19. The van der Waals surface area contributed by atoms with Crippen LogP contribution in [-0.2, 0) is 38.1 Å². The Hall–Kier alpha value is -4.09. The Kier molecular flexibility index (Phi) is 30.8. The van der Waals surface area contributed by atoms with Crippen LogP contribution in [0.5, 0.6) is 0 Å². The van der Waals surface area contributed by atoms with Crippen molar-refractivity contribution >= 4 is 17.8 Å². The van der Waals surface area contributed by atoms with Gasteiger partial charge in [0, 0.05) is 76.8 Å². The lowest BCUT2D eigenvalue weighted by Crippen LogP contribution is -2.64. The van der Waals surface area contributed by atoms with E-state index in [9.17, 15) is 70.6 Å². The average Bonchev–Trinajstić information content (AvgIpc) is 3.54. The summed E-state index contributed by atoms with van der Waals surface area (Å²) in [6, 6.07) is -1.28. The fraction of sp³-hybridized carbons (Fsp3) is 0.707. The summed E-state index contributed by atoms with van der Waals surface area (Å²) in [5.74, 6) is -6.26. The van der Waals surface area contributed by atoms with Crippen LogP contribution in [0, 0.1) is 17.8 Å². The first kappa shape index (κ1) is 69.4. The van der Waals surface area contributed by atoms with Crippen molar-refractivity contribution in [1.29, 1.82) is 0 Å². The van der Waals surface area contributed by atoms with E-state index < -0.39 is 153 Å². The quantitative estimate of drug-likeness (QED) is 0.0886. The Bertz CT molecular complexity index is 2080. The van der Waals surface area contributed by atoms with Crippen molar-refractivity contribution in [3.8, 4) is 0 Å². The molecule has 0 aromatic rings. The molecule has 19 atom stereocenters. The smallest absolute Gasteiger partial charge is 0.308 e. The molecule has 0 radical (unpaired) electrons. The Morgan fingerprint density at radius 3 is 1.94 bits per heavy atom. The average molecular weight is 1150 g/mol. The Balaban J connectivity index is 1.66. The zero-order chi connectivity index (χ0) is 59.6. The number of esters is 1. The third-order valence-corrected chi connectivity index (χ3v) is 15.1. The van der Waals surface area contributed by atoms with Crippen molar-refractivity contribution in [2.45, 2.75) is 177 Å². The molecule has 4 heterocycles. The van der Waals surface area contributed by atoms with Crippen molar-refractivity contribution < 1.29 is 94.2 Å². The van der Waals surface area contributed by atoms with Gasteiger partial charge in [0.25, 0.3) is 0 Å². The molecular weight excluding hydrogens is 1060 g/mol. The van der Waals surface area contributed by atoms with Crippen LogP contribution in [0.2, 0.25) is 0 Å². The van der Waals surface area contributed by atoms with Crippen molar-refractivity contribution in [2.24, 2.45) is 17.8 Å². The van der Waals surface area contributed by atoms with Gasteiger partial charge >= 0.3 is 5.97 Å². The van der Waals surface area contributed by atoms with E-state index >= 15 is 0 Å². The first-order valence-corrected chi connectivity index (χ1v) is 28.4. The molecule has 13 N–H and O–H groups in total. The van der Waals surface area contributed by atoms with E-state index in [4.69, 9.17) is 23.7 Å². The number of ether oxygens (including phenoxy) is 5. The van der Waals surface area contributed by atoms with Gasteiger partial charge in [0.15, 0.2) is 12.1 Å². The molecule has 0 unspecified atom stereocenters. The molecule has 23 nitrogen and oxygen atoms in total. The molecule has 4 rings (SSSR count). The van der Waals surface area contributed by atoms with Crippen molar-refractivity contribution in [2.75, 3.05) is 66.1 Å². The van der Waals surface area contributed by atoms with Gasteiger partial charge in [0.1, 0.15) is 24.9 Å². The van der Waals surface area contributed by atoms with Gasteiger partial charge in [-0.2, -0.15) is 0 Å². The summed E-state index contributed by atoms with van der Waals surface area (Å²) >= 11 is 0. The maximum Gasteiger partial charge on any atom is 0.308 e. The molecule has 4 aliphatic rings. The van der Waals surface area contributed by atoms with Crippen LogP contribution in [0.1, 0.15) is 79.1 Å². The molecule has 4 aliphatic heterocycles. The number of aliphatic hydroxyl groups is 11. The standard InChI is InChI=1S/C58H94N4O19/c1-37-18-16-14-12-10-8-6-7-9-11-13-15-17-19-44(80-57-55(74)52(54(73)40(4)79-57)60-49(70)36-77-29-22-59-5)33-48-51(56(75)62-25-23-61(24-26-62)27-28-63)47(69)35-58(76,81-48)34-43(66)31-46(68)45(67)21-20-41(64)30-42(65)32-50(71)78-39(3)38(2)53(37)72/h6-19,37-48,51-55,57,59,63-69,72-74,76H,20-36H2,1-5H3,(H,60,70)/b7-6+,10-8+,11-9+,14-12+,15-13+,18-16+,19-17+/t37-,38-,39-,40+,41+,42+,43-,44-,45+,46+,47-,48-,51+,52-,53+,54+,55-,57-,58+/m0/s1. The summed E-state index contributed by atoms with van der Waals surface area (Å²) in [5, 5.41) is 128. The second-order valence-corrected chi connectivity index (χ2v) is 21.8. The second-order valence-electron chi connectivity index (χ2n) is 21.8. The lowest BCUT2D eigenvalue weighted by molar-refractivity contribution is -0.308. The number of aliphatic hydroxyl groups excluding tert-OH is 10. The Morgan fingerprint density at radius 2 is 1.32 bits per heavy atom. The SMILES string of the molecule is CNCCOCC(=O)N[C@@H]1[C@H](O)[C@H](O[C@H]2/C=C/C=C/C=C/C=C/C=C/C=C/C=C/[C@H](C)[C@@H](O)[C@@H](C)[C@H](C)OC(=O)C[C@H](O)C[C@H](O)CC[C@@H](O)[C@H](O)C[C@H](O)C[C@]3(O)C[C@H](O)[C@@H](C(=O)N4CCN(CCO)CC4)[C@H](C2)O3)O[C@H](C)[C@H]1O.